The van der Waals surface area contributed by atoms with E-state index in [1.807, 2.05) is 23.1 Å². The van der Waals surface area contributed by atoms with Crippen LogP contribution in [0.25, 0.3) is 21.5 Å². The lowest BCUT2D eigenvalue weighted by molar-refractivity contribution is 0.0717. The third-order valence-electron chi connectivity index (χ3n) is 7.09. The molecule has 1 amide bonds. The van der Waals surface area contributed by atoms with Gasteiger partial charge in [0.1, 0.15) is 11.5 Å². The lowest BCUT2D eigenvalue weighted by Crippen LogP contribution is -2.41. The first-order valence-corrected chi connectivity index (χ1v) is 10.9. The number of carbonyl (C=O) groups is 1. The summed E-state index contributed by atoms with van der Waals surface area (Å²) in [5, 5.41) is 33.5. The van der Waals surface area contributed by atoms with E-state index in [4.69, 9.17) is 9.47 Å². The Kier molecular flexibility index (Phi) is 5.20. The van der Waals surface area contributed by atoms with Crippen molar-refractivity contribution in [2.45, 2.75) is 45.1 Å². The van der Waals surface area contributed by atoms with Gasteiger partial charge in [-0.1, -0.05) is 0 Å². The Labute approximate surface area is 185 Å². The molecular formula is C25H27NO6. The van der Waals surface area contributed by atoms with E-state index in [0.29, 0.717) is 33.8 Å². The first-order valence-electron chi connectivity index (χ1n) is 10.9. The van der Waals surface area contributed by atoms with Gasteiger partial charge in [-0.25, -0.2) is 0 Å². The highest BCUT2D eigenvalue weighted by Gasteiger charge is 2.38. The van der Waals surface area contributed by atoms with E-state index in [1.54, 1.807) is 7.11 Å². The van der Waals surface area contributed by atoms with Crippen LogP contribution in [-0.4, -0.2) is 52.9 Å². The smallest absolute Gasteiger partial charge is 0.255 e. The molecule has 7 nitrogen and oxygen atoms in total. The molecule has 0 aliphatic carbocycles. The molecule has 1 unspecified atom stereocenters. The Morgan fingerprint density at radius 1 is 0.938 bits per heavy atom. The lowest BCUT2D eigenvalue weighted by Gasteiger charge is -2.33. The van der Waals surface area contributed by atoms with E-state index >= 15 is 0 Å². The number of aliphatic hydroxyl groups is 3. The van der Waals surface area contributed by atoms with Crippen LogP contribution in [0.3, 0.4) is 0 Å². The minimum Gasteiger partial charge on any atom is -0.496 e. The van der Waals surface area contributed by atoms with Crippen molar-refractivity contribution < 1.29 is 29.6 Å². The van der Waals surface area contributed by atoms with Crippen molar-refractivity contribution in [2.24, 2.45) is 0 Å². The maximum atomic E-state index is 13.7. The zero-order valence-electron chi connectivity index (χ0n) is 18.3. The molecule has 0 aromatic heterocycles. The number of rotatable bonds is 5. The van der Waals surface area contributed by atoms with Crippen molar-refractivity contribution in [3.63, 3.8) is 0 Å². The van der Waals surface area contributed by atoms with Gasteiger partial charge < -0.3 is 29.7 Å². The van der Waals surface area contributed by atoms with Gasteiger partial charge >= 0.3 is 0 Å². The molecule has 2 aliphatic rings. The third kappa shape index (κ3) is 2.81. The van der Waals surface area contributed by atoms with Crippen molar-refractivity contribution >= 4 is 27.5 Å². The van der Waals surface area contributed by atoms with Crippen molar-refractivity contribution in [2.75, 3.05) is 20.8 Å². The number of ether oxygens (including phenoxy) is 2. The van der Waals surface area contributed by atoms with E-state index in [9.17, 15) is 20.1 Å². The number of fused-ring (bicyclic) bond motifs is 7. The topological polar surface area (TPSA) is 99.5 Å². The van der Waals surface area contributed by atoms with Gasteiger partial charge in [0.2, 0.25) is 0 Å². The number of methoxy groups -OCH3 is 2. The minimum absolute atomic E-state index is 0.00945. The number of carbonyl (C=O) groups excluding carboxylic acids is 1. The van der Waals surface area contributed by atoms with Crippen LogP contribution in [0.1, 0.15) is 45.5 Å². The van der Waals surface area contributed by atoms with Gasteiger partial charge in [-0.15, -0.1) is 0 Å². The van der Waals surface area contributed by atoms with Gasteiger partial charge in [0.25, 0.3) is 5.91 Å². The van der Waals surface area contributed by atoms with Crippen LogP contribution in [0.5, 0.6) is 11.5 Å². The molecule has 1 fully saturated rings. The summed E-state index contributed by atoms with van der Waals surface area (Å²) >= 11 is 0. The lowest BCUT2D eigenvalue weighted by atomic mass is 9.82. The molecule has 32 heavy (non-hydrogen) atoms. The molecule has 7 heteroatoms. The zero-order chi connectivity index (χ0) is 22.6. The van der Waals surface area contributed by atoms with Gasteiger partial charge in [0.05, 0.1) is 39.6 Å². The van der Waals surface area contributed by atoms with E-state index in [1.165, 1.54) is 7.11 Å². The predicted octanol–water partition coefficient (Wildman–Crippen LogP) is 2.65. The number of aliphatic hydroxyl groups excluding tert-OH is 3. The summed E-state index contributed by atoms with van der Waals surface area (Å²) in [6, 6.07) is 5.68. The van der Waals surface area contributed by atoms with Crippen LogP contribution in [0.2, 0.25) is 0 Å². The van der Waals surface area contributed by atoms with Crippen LogP contribution in [0.4, 0.5) is 0 Å². The standard InChI is InChI=1S/C25H27NO6/c1-31-21-8-18-15(6-13(21)10-27)23-17(9-22(32-2)19(11-28)20(23)12-29)16-7-14-4-3-5-26(14)25(30)24(16)18/h6,8-9,14,27-29H,3-5,7,10-12H2,1-2H3. The highest BCUT2D eigenvalue weighted by atomic mass is 16.5. The number of amides is 1. The molecular weight excluding hydrogens is 410 g/mol. The van der Waals surface area contributed by atoms with E-state index in [0.717, 1.165) is 52.9 Å². The van der Waals surface area contributed by atoms with Crippen LogP contribution in [0, 0.1) is 0 Å². The fraction of sp³-hybridized carbons (Fsp3) is 0.400. The fourth-order valence-electron chi connectivity index (χ4n) is 5.63. The Morgan fingerprint density at radius 2 is 1.66 bits per heavy atom. The normalized spacial score (nSPS) is 17.7. The summed E-state index contributed by atoms with van der Waals surface area (Å²) in [5.74, 6) is 1.01. The number of nitrogens with zero attached hydrogens (tertiary/aromatic N) is 1. The largest absolute Gasteiger partial charge is 0.496 e. The molecule has 3 aromatic rings. The van der Waals surface area contributed by atoms with Crippen LogP contribution in [-0.2, 0) is 26.2 Å². The molecule has 0 radical (unpaired) electrons. The second kappa shape index (κ2) is 7.92. The quantitative estimate of drug-likeness (QED) is 0.531. The number of hydrogen-bond donors (Lipinski definition) is 3. The molecule has 3 N–H and O–H groups in total. The average Bonchev–Trinajstić information content (AvgIpc) is 3.30. The second-order valence-corrected chi connectivity index (χ2v) is 8.49. The predicted molar refractivity (Wildman–Crippen MR) is 120 cm³/mol. The maximum Gasteiger partial charge on any atom is 0.255 e. The van der Waals surface area contributed by atoms with Crippen molar-refractivity contribution in [1.82, 2.24) is 4.90 Å². The Balaban J connectivity index is 2.01. The second-order valence-electron chi connectivity index (χ2n) is 8.49. The summed E-state index contributed by atoms with van der Waals surface area (Å²) in [4.78, 5) is 15.6. The molecule has 0 saturated carbocycles. The first-order chi connectivity index (χ1) is 15.6. The molecule has 1 saturated heterocycles. The molecule has 3 aromatic carbocycles. The van der Waals surface area contributed by atoms with Crippen LogP contribution in [0.15, 0.2) is 18.2 Å². The Hall–Kier alpha value is -2.87. The molecule has 0 spiro atoms. The highest BCUT2D eigenvalue weighted by molar-refractivity contribution is 6.21. The summed E-state index contributed by atoms with van der Waals surface area (Å²) in [6.45, 7) is -0.0479. The molecule has 168 valence electrons. The van der Waals surface area contributed by atoms with E-state index in [2.05, 4.69) is 0 Å². The molecule has 2 heterocycles. The van der Waals surface area contributed by atoms with E-state index < -0.39 is 0 Å². The molecule has 1 atom stereocenters. The molecule has 5 rings (SSSR count). The third-order valence-corrected chi connectivity index (χ3v) is 7.09. The van der Waals surface area contributed by atoms with Crippen LogP contribution < -0.4 is 9.47 Å². The van der Waals surface area contributed by atoms with Gasteiger partial charge in [-0.3, -0.25) is 4.79 Å². The first kappa shape index (κ1) is 21.0. The van der Waals surface area contributed by atoms with E-state index in [-0.39, 0.29) is 31.8 Å². The van der Waals surface area contributed by atoms with Crippen molar-refractivity contribution in [3.05, 3.63) is 46.0 Å². The van der Waals surface area contributed by atoms with Gasteiger partial charge in [0.15, 0.2) is 0 Å². The van der Waals surface area contributed by atoms with Gasteiger partial charge in [-0.05, 0) is 70.1 Å². The molecule has 0 bridgehead atoms. The van der Waals surface area contributed by atoms with Gasteiger partial charge in [0, 0.05) is 23.7 Å². The fourth-order valence-corrected chi connectivity index (χ4v) is 5.63. The maximum absolute atomic E-state index is 13.7. The highest BCUT2D eigenvalue weighted by Crippen LogP contribution is 2.45. The summed E-state index contributed by atoms with van der Waals surface area (Å²) in [5.41, 5.74) is 3.28. The van der Waals surface area contributed by atoms with Crippen molar-refractivity contribution in [1.29, 1.82) is 0 Å². The number of hydrogen-bond acceptors (Lipinski definition) is 6. The monoisotopic (exact) mass is 437 g/mol. The SMILES string of the molecule is COc1cc2c3c(c4cc(OC)c(CO)c(CO)c4c2cc1CO)CC1CCCN1C3=O. The van der Waals surface area contributed by atoms with Crippen LogP contribution >= 0.6 is 0 Å². The van der Waals surface area contributed by atoms with Crippen molar-refractivity contribution in [3.8, 4) is 11.5 Å². The minimum atomic E-state index is -0.290. The average molecular weight is 437 g/mol. The summed E-state index contributed by atoms with van der Waals surface area (Å²) < 4.78 is 11.1. The number of benzene rings is 3. The zero-order valence-corrected chi connectivity index (χ0v) is 18.3. The van der Waals surface area contributed by atoms with Gasteiger partial charge in [-0.2, -0.15) is 0 Å². The Bertz CT molecular complexity index is 1250. The molecule has 2 aliphatic heterocycles. The summed E-state index contributed by atoms with van der Waals surface area (Å²) in [6.07, 6.45) is 2.68. The Morgan fingerprint density at radius 3 is 2.31 bits per heavy atom. The summed E-state index contributed by atoms with van der Waals surface area (Å²) in [7, 11) is 3.08.